The Morgan fingerprint density at radius 2 is 1.75 bits per heavy atom. The zero-order valence-corrected chi connectivity index (χ0v) is 18.1. The second-order valence-corrected chi connectivity index (χ2v) is 10.6. The standard InChI is InChI=1S/C21H24F4N4O2S/c22-18-19(26-12-14-7-10-32(30,31)11-8-14)27-13-28-20(18)29-9-1-2-17(29)15-3-5-16(6-4-15)21(23,24)25/h3-6,13-14,17H,1-2,7-12H2,(H,26,27,28). The Hall–Kier alpha value is -2.43. The minimum Gasteiger partial charge on any atom is -0.367 e. The van der Waals surface area contributed by atoms with Gasteiger partial charge in [0.15, 0.2) is 11.6 Å². The summed E-state index contributed by atoms with van der Waals surface area (Å²) in [5.74, 6) is -0.0748. The number of benzene rings is 1. The number of hydrogen-bond acceptors (Lipinski definition) is 6. The van der Waals surface area contributed by atoms with E-state index >= 15 is 4.39 Å². The summed E-state index contributed by atoms with van der Waals surface area (Å²) in [6, 6.07) is 4.67. The van der Waals surface area contributed by atoms with Crippen molar-refractivity contribution in [3.63, 3.8) is 0 Å². The second-order valence-electron chi connectivity index (χ2n) is 8.31. The van der Waals surface area contributed by atoms with Crippen LogP contribution in [0.1, 0.15) is 42.9 Å². The van der Waals surface area contributed by atoms with Crippen LogP contribution in [0, 0.1) is 11.7 Å². The molecule has 32 heavy (non-hydrogen) atoms. The molecule has 4 rings (SSSR count). The van der Waals surface area contributed by atoms with E-state index in [0.717, 1.165) is 18.6 Å². The summed E-state index contributed by atoms with van der Waals surface area (Å²) in [5.41, 5.74) is -0.0487. The lowest BCUT2D eigenvalue weighted by Gasteiger charge is -2.27. The molecule has 1 unspecified atom stereocenters. The van der Waals surface area contributed by atoms with Crippen molar-refractivity contribution < 1.29 is 26.0 Å². The first-order valence-corrected chi connectivity index (χ1v) is 12.3. The predicted octanol–water partition coefficient (Wildman–Crippen LogP) is 4.21. The first-order chi connectivity index (χ1) is 15.1. The van der Waals surface area contributed by atoms with Gasteiger partial charge in [-0.3, -0.25) is 0 Å². The lowest BCUT2D eigenvalue weighted by atomic mass is 10.0. The van der Waals surface area contributed by atoms with Crippen molar-refractivity contribution >= 4 is 21.5 Å². The largest absolute Gasteiger partial charge is 0.416 e. The monoisotopic (exact) mass is 472 g/mol. The van der Waals surface area contributed by atoms with E-state index in [1.165, 1.54) is 18.5 Å². The number of nitrogens with one attached hydrogen (secondary N) is 1. The fourth-order valence-corrected chi connectivity index (χ4v) is 5.92. The molecule has 6 nitrogen and oxygen atoms in total. The van der Waals surface area contributed by atoms with Crippen molar-refractivity contribution in [3.05, 3.63) is 47.5 Å². The van der Waals surface area contributed by atoms with E-state index in [2.05, 4.69) is 15.3 Å². The van der Waals surface area contributed by atoms with Gasteiger partial charge in [0, 0.05) is 13.1 Å². The van der Waals surface area contributed by atoms with Crippen LogP contribution in [0.25, 0.3) is 0 Å². The maximum absolute atomic E-state index is 15.2. The molecule has 1 N–H and O–H groups in total. The summed E-state index contributed by atoms with van der Waals surface area (Å²) in [7, 11) is -2.96. The van der Waals surface area contributed by atoms with Crippen LogP contribution in [0.15, 0.2) is 30.6 Å². The van der Waals surface area contributed by atoms with Gasteiger partial charge in [-0.05, 0) is 49.3 Å². The Morgan fingerprint density at radius 1 is 1.06 bits per heavy atom. The van der Waals surface area contributed by atoms with Gasteiger partial charge in [-0.2, -0.15) is 17.6 Å². The van der Waals surface area contributed by atoms with Crippen LogP contribution in [0.3, 0.4) is 0 Å². The molecule has 1 aromatic carbocycles. The third-order valence-corrected chi connectivity index (χ3v) is 7.87. The molecule has 174 valence electrons. The molecule has 0 bridgehead atoms. The van der Waals surface area contributed by atoms with Crippen molar-refractivity contribution in [3.8, 4) is 0 Å². The molecule has 0 spiro atoms. The van der Waals surface area contributed by atoms with E-state index < -0.39 is 27.4 Å². The van der Waals surface area contributed by atoms with Crippen LogP contribution >= 0.6 is 0 Å². The molecule has 0 radical (unpaired) electrons. The van der Waals surface area contributed by atoms with Gasteiger partial charge >= 0.3 is 6.18 Å². The molecular weight excluding hydrogens is 448 g/mol. The molecule has 1 aromatic heterocycles. The van der Waals surface area contributed by atoms with Crippen molar-refractivity contribution in [1.82, 2.24) is 9.97 Å². The van der Waals surface area contributed by atoms with E-state index in [1.54, 1.807) is 4.90 Å². The minimum absolute atomic E-state index is 0.0431. The average molecular weight is 473 g/mol. The molecule has 0 saturated carbocycles. The van der Waals surface area contributed by atoms with Gasteiger partial charge < -0.3 is 10.2 Å². The summed E-state index contributed by atoms with van der Waals surface area (Å²) < 4.78 is 77.0. The molecule has 0 aliphatic carbocycles. The second kappa shape index (κ2) is 8.84. The lowest BCUT2D eigenvalue weighted by molar-refractivity contribution is -0.137. The summed E-state index contributed by atoms with van der Waals surface area (Å²) >= 11 is 0. The number of alkyl halides is 3. The maximum Gasteiger partial charge on any atom is 0.416 e. The molecule has 2 aliphatic heterocycles. The molecule has 1 atom stereocenters. The van der Waals surface area contributed by atoms with Gasteiger partial charge in [0.05, 0.1) is 23.1 Å². The highest BCUT2D eigenvalue weighted by Crippen LogP contribution is 2.38. The van der Waals surface area contributed by atoms with Crippen molar-refractivity contribution in [2.45, 2.75) is 37.9 Å². The third-order valence-electron chi connectivity index (χ3n) is 6.15. The highest BCUT2D eigenvalue weighted by atomic mass is 32.2. The summed E-state index contributed by atoms with van der Waals surface area (Å²) in [4.78, 5) is 9.86. The first kappa shape index (κ1) is 22.8. The van der Waals surface area contributed by atoms with Crippen molar-refractivity contribution in [2.75, 3.05) is 34.8 Å². The van der Waals surface area contributed by atoms with Gasteiger partial charge in [0.1, 0.15) is 16.2 Å². The van der Waals surface area contributed by atoms with E-state index in [1.807, 2.05) is 0 Å². The molecule has 2 aromatic rings. The Bertz CT molecular complexity index is 1050. The number of nitrogens with zero attached hydrogens (tertiary/aromatic N) is 3. The highest BCUT2D eigenvalue weighted by Gasteiger charge is 2.33. The zero-order chi connectivity index (χ0) is 22.9. The van der Waals surface area contributed by atoms with Gasteiger partial charge in [0.2, 0.25) is 5.82 Å². The molecule has 2 fully saturated rings. The van der Waals surface area contributed by atoms with Crippen molar-refractivity contribution in [1.29, 1.82) is 0 Å². The van der Waals surface area contributed by atoms with Gasteiger partial charge in [-0.15, -0.1) is 0 Å². The lowest BCUT2D eigenvalue weighted by Crippen LogP contribution is -2.28. The smallest absolute Gasteiger partial charge is 0.367 e. The van der Waals surface area contributed by atoms with Crippen LogP contribution in [0.4, 0.5) is 29.2 Å². The fraction of sp³-hybridized carbons (Fsp3) is 0.524. The van der Waals surface area contributed by atoms with Crippen LogP contribution in [0.2, 0.25) is 0 Å². The van der Waals surface area contributed by atoms with E-state index in [4.69, 9.17) is 0 Å². The van der Waals surface area contributed by atoms with Crippen molar-refractivity contribution in [2.24, 2.45) is 5.92 Å². The zero-order valence-electron chi connectivity index (χ0n) is 17.3. The number of halogens is 4. The van der Waals surface area contributed by atoms with Crippen LogP contribution in [-0.4, -0.2) is 43.0 Å². The topological polar surface area (TPSA) is 75.2 Å². The SMILES string of the molecule is O=S1(=O)CCC(CNc2ncnc(N3CCCC3c3ccc(C(F)(F)F)cc3)c2F)CC1. The Balaban J connectivity index is 1.48. The molecule has 2 aliphatic rings. The third kappa shape index (κ3) is 4.97. The molecule has 11 heteroatoms. The summed E-state index contributed by atoms with van der Waals surface area (Å²) in [5, 5.41) is 2.98. The number of aromatic nitrogens is 2. The highest BCUT2D eigenvalue weighted by molar-refractivity contribution is 7.91. The summed E-state index contributed by atoms with van der Waals surface area (Å²) in [6.45, 7) is 0.935. The fourth-order valence-electron chi connectivity index (χ4n) is 4.33. The number of sulfone groups is 1. The van der Waals surface area contributed by atoms with Crippen LogP contribution in [-0.2, 0) is 16.0 Å². The number of rotatable bonds is 5. The van der Waals surface area contributed by atoms with Crippen LogP contribution < -0.4 is 10.2 Å². The average Bonchev–Trinajstić information content (AvgIpc) is 3.23. The van der Waals surface area contributed by atoms with Gasteiger partial charge in [-0.25, -0.2) is 18.4 Å². The quantitative estimate of drug-likeness (QED) is 0.657. The van der Waals surface area contributed by atoms with Crippen LogP contribution in [0.5, 0.6) is 0 Å². The molecule has 3 heterocycles. The first-order valence-electron chi connectivity index (χ1n) is 10.5. The minimum atomic E-state index is -4.41. The van der Waals surface area contributed by atoms with E-state index in [0.29, 0.717) is 37.9 Å². The normalized spacial score (nSPS) is 21.6. The molecular formula is C21H24F4N4O2S. The number of hydrogen-bond donors (Lipinski definition) is 1. The Kier molecular flexibility index (Phi) is 6.28. The Labute approximate surface area is 184 Å². The number of anilines is 2. The predicted molar refractivity (Wildman–Crippen MR) is 113 cm³/mol. The van der Waals surface area contributed by atoms with Gasteiger partial charge in [0.25, 0.3) is 0 Å². The van der Waals surface area contributed by atoms with Gasteiger partial charge in [-0.1, -0.05) is 12.1 Å². The summed E-state index contributed by atoms with van der Waals surface area (Å²) in [6.07, 6.45) is -0.666. The van der Waals surface area contributed by atoms with E-state index in [9.17, 15) is 21.6 Å². The molecule has 0 amide bonds. The Morgan fingerprint density at radius 3 is 2.41 bits per heavy atom. The maximum atomic E-state index is 15.2. The molecule has 2 saturated heterocycles. The van der Waals surface area contributed by atoms with E-state index in [-0.39, 0.29) is 35.1 Å².